The number of halogens is 1. The average Bonchev–Trinajstić information content (AvgIpc) is 3.14. The SMILES string of the molecule is COc1ccc(CO[C@@H](CC[C@H]2C=C[C@@H](C)[C@H](CO[Si](c3ccccc3)(c3ccccc3)C(C)(C)C)O[Si](C)(C)O2)C[C@@H]2CCC[C@H](CI)O2)cc1. The molecule has 0 radical (unpaired) electrons. The van der Waals surface area contributed by atoms with E-state index in [1.54, 1.807) is 7.11 Å². The highest BCUT2D eigenvalue weighted by atomic mass is 127. The summed E-state index contributed by atoms with van der Waals surface area (Å²) < 4.78 is 40.7. The zero-order valence-electron chi connectivity index (χ0n) is 32.4. The summed E-state index contributed by atoms with van der Waals surface area (Å²) in [4.78, 5) is 0. The lowest BCUT2D eigenvalue weighted by molar-refractivity contribution is -0.0747. The maximum atomic E-state index is 7.35. The van der Waals surface area contributed by atoms with E-state index in [0.29, 0.717) is 19.3 Å². The molecule has 0 aliphatic carbocycles. The maximum absolute atomic E-state index is 7.35. The topological polar surface area (TPSA) is 55.4 Å². The standard InChI is InChI=1S/C43H61IO6Si2/c1-33-21-24-36(27-28-37(29-38-15-14-16-39(30-44)48-38)46-31-34-22-25-35(45-5)26-23-34)49-51(6,7)50-42(33)32-47-52(43(2,3)4,40-17-10-8-11-18-40)41-19-12-9-13-20-41/h8-13,17-26,33,36-39,42H,14-16,27-32H2,1-7H3/t33-,36-,37+,38+,39-,42+/m1/s1. The Morgan fingerprint density at radius 2 is 1.50 bits per heavy atom. The van der Waals surface area contributed by atoms with E-state index < -0.39 is 16.9 Å². The van der Waals surface area contributed by atoms with Crippen LogP contribution in [0, 0.1) is 5.92 Å². The van der Waals surface area contributed by atoms with Gasteiger partial charge >= 0.3 is 8.56 Å². The molecule has 0 spiro atoms. The first kappa shape index (κ1) is 41.3. The summed E-state index contributed by atoms with van der Waals surface area (Å²) >= 11 is 2.45. The Hall–Kier alpha value is -1.84. The van der Waals surface area contributed by atoms with E-state index in [1.165, 1.54) is 16.8 Å². The van der Waals surface area contributed by atoms with Crippen LogP contribution in [0.5, 0.6) is 5.75 Å². The Kier molecular flexibility index (Phi) is 15.2. The van der Waals surface area contributed by atoms with Crippen LogP contribution in [-0.2, 0) is 29.4 Å². The summed E-state index contributed by atoms with van der Waals surface area (Å²) in [7, 11) is -3.55. The highest BCUT2D eigenvalue weighted by molar-refractivity contribution is 14.1. The van der Waals surface area contributed by atoms with Gasteiger partial charge in [-0.05, 0) is 84.7 Å². The van der Waals surface area contributed by atoms with E-state index in [-0.39, 0.29) is 35.4 Å². The fourth-order valence-electron chi connectivity index (χ4n) is 7.75. The first-order chi connectivity index (χ1) is 24.9. The van der Waals surface area contributed by atoms with Gasteiger partial charge < -0.3 is 27.5 Å². The van der Waals surface area contributed by atoms with Crippen LogP contribution in [0.15, 0.2) is 97.1 Å². The van der Waals surface area contributed by atoms with E-state index in [0.717, 1.165) is 47.8 Å². The van der Waals surface area contributed by atoms with Crippen LogP contribution in [0.2, 0.25) is 18.1 Å². The summed E-state index contributed by atoms with van der Waals surface area (Å²) in [6, 6.07) is 29.9. The quantitative estimate of drug-likeness (QED) is 0.0658. The molecule has 0 amide bonds. The van der Waals surface area contributed by atoms with E-state index in [4.69, 9.17) is 27.5 Å². The molecule has 1 saturated heterocycles. The first-order valence-electron chi connectivity index (χ1n) is 19.2. The fraction of sp³-hybridized carbons (Fsp3) is 0.535. The second-order valence-corrected chi connectivity index (χ2v) is 24.4. The molecule has 6 nitrogen and oxygen atoms in total. The molecule has 5 rings (SSSR count). The van der Waals surface area contributed by atoms with Gasteiger partial charge in [-0.15, -0.1) is 0 Å². The molecule has 2 aliphatic rings. The molecule has 0 unspecified atom stereocenters. The molecule has 2 aliphatic heterocycles. The number of benzene rings is 3. The summed E-state index contributed by atoms with van der Waals surface area (Å²) in [6.07, 6.45) is 11.2. The maximum Gasteiger partial charge on any atom is 0.332 e. The van der Waals surface area contributed by atoms with Gasteiger partial charge in [0.2, 0.25) is 0 Å². The molecule has 3 aromatic carbocycles. The molecular formula is C43H61IO6Si2. The molecule has 0 saturated carbocycles. The van der Waals surface area contributed by atoms with Gasteiger partial charge in [0.1, 0.15) is 5.75 Å². The van der Waals surface area contributed by atoms with Crippen molar-refractivity contribution < 1.29 is 27.5 Å². The van der Waals surface area contributed by atoms with E-state index in [9.17, 15) is 0 Å². The van der Waals surface area contributed by atoms with Crippen molar-refractivity contribution in [1.29, 1.82) is 0 Å². The Balaban J connectivity index is 1.29. The predicted molar refractivity (Wildman–Crippen MR) is 226 cm³/mol. The number of rotatable bonds is 15. The van der Waals surface area contributed by atoms with Gasteiger partial charge in [0.05, 0.1) is 50.8 Å². The van der Waals surface area contributed by atoms with Crippen molar-refractivity contribution in [2.45, 2.75) is 121 Å². The van der Waals surface area contributed by atoms with Gasteiger partial charge in [-0.3, -0.25) is 0 Å². The summed E-state index contributed by atoms with van der Waals surface area (Å²) in [5, 5.41) is 2.46. The Labute approximate surface area is 329 Å². The molecule has 0 N–H and O–H groups in total. The molecule has 6 atom stereocenters. The Morgan fingerprint density at radius 3 is 2.10 bits per heavy atom. The van der Waals surface area contributed by atoms with Crippen LogP contribution in [0.1, 0.15) is 71.8 Å². The lowest BCUT2D eigenvalue weighted by Gasteiger charge is -2.45. The van der Waals surface area contributed by atoms with Crippen molar-refractivity contribution in [2.24, 2.45) is 5.92 Å². The average molecular weight is 857 g/mol. The zero-order chi connectivity index (χ0) is 37.2. The monoisotopic (exact) mass is 856 g/mol. The van der Waals surface area contributed by atoms with Crippen molar-refractivity contribution in [3.05, 3.63) is 103 Å². The first-order valence-corrected chi connectivity index (χ1v) is 25.4. The highest BCUT2D eigenvalue weighted by Crippen LogP contribution is 2.38. The third-order valence-corrected chi connectivity index (χ3v) is 18.2. The Morgan fingerprint density at radius 1 is 0.865 bits per heavy atom. The van der Waals surface area contributed by atoms with Gasteiger partial charge in [-0.2, -0.15) is 0 Å². The minimum absolute atomic E-state index is 0.0379. The van der Waals surface area contributed by atoms with Crippen LogP contribution in [0.4, 0.5) is 0 Å². The van der Waals surface area contributed by atoms with Crippen LogP contribution < -0.4 is 15.1 Å². The highest BCUT2D eigenvalue weighted by Gasteiger charge is 2.51. The third-order valence-electron chi connectivity index (χ3n) is 10.5. The van der Waals surface area contributed by atoms with Gasteiger partial charge in [-0.25, -0.2) is 0 Å². The lowest BCUT2D eigenvalue weighted by atomic mass is 9.97. The van der Waals surface area contributed by atoms with Gasteiger partial charge in [-0.1, -0.05) is 135 Å². The van der Waals surface area contributed by atoms with Crippen LogP contribution in [0.25, 0.3) is 0 Å². The summed E-state index contributed by atoms with van der Waals surface area (Å²) in [5.74, 6) is 1.02. The number of methoxy groups -OCH3 is 1. The largest absolute Gasteiger partial charge is 0.497 e. The smallest absolute Gasteiger partial charge is 0.332 e. The molecule has 1 fully saturated rings. The van der Waals surface area contributed by atoms with Crippen LogP contribution in [-0.4, -0.2) is 65.5 Å². The lowest BCUT2D eigenvalue weighted by Crippen LogP contribution is -2.67. The second kappa shape index (κ2) is 19.2. The molecule has 3 aromatic rings. The molecule has 0 bridgehead atoms. The molecule has 0 aromatic heterocycles. The van der Waals surface area contributed by atoms with Gasteiger partial charge in [0, 0.05) is 10.3 Å². The van der Waals surface area contributed by atoms with Crippen molar-refractivity contribution in [2.75, 3.05) is 18.1 Å². The van der Waals surface area contributed by atoms with Crippen LogP contribution >= 0.6 is 22.6 Å². The van der Waals surface area contributed by atoms with Crippen molar-refractivity contribution in [3.8, 4) is 5.75 Å². The van der Waals surface area contributed by atoms with E-state index in [2.05, 4.69) is 148 Å². The molecule has 284 valence electrons. The molecule has 2 heterocycles. The number of alkyl halides is 1. The zero-order valence-corrected chi connectivity index (χ0v) is 36.6. The van der Waals surface area contributed by atoms with E-state index >= 15 is 0 Å². The third kappa shape index (κ3) is 11.1. The van der Waals surface area contributed by atoms with Gasteiger partial charge in [0.15, 0.2) is 0 Å². The number of hydrogen-bond acceptors (Lipinski definition) is 6. The van der Waals surface area contributed by atoms with Crippen molar-refractivity contribution in [1.82, 2.24) is 0 Å². The number of ether oxygens (including phenoxy) is 3. The minimum atomic E-state index is -2.70. The minimum Gasteiger partial charge on any atom is -0.497 e. The Bertz CT molecular complexity index is 1470. The predicted octanol–water partition coefficient (Wildman–Crippen LogP) is 9.38. The second-order valence-electron chi connectivity index (χ2n) is 16.0. The normalized spacial score (nSPS) is 24.5. The summed E-state index contributed by atoms with van der Waals surface area (Å²) in [6.45, 7) is 14.7. The molecule has 9 heteroatoms. The van der Waals surface area contributed by atoms with E-state index in [1.807, 2.05) is 12.1 Å². The van der Waals surface area contributed by atoms with Crippen molar-refractivity contribution >= 4 is 49.8 Å². The fourth-order valence-corrected chi connectivity index (χ4v) is 15.0. The molecular weight excluding hydrogens is 796 g/mol. The van der Waals surface area contributed by atoms with Crippen molar-refractivity contribution in [3.63, 3.8) is 0 Å². The molecule has 52 heavy (non-hydrogen) atoms. The van der Waals surface area contributed by atoms with Gasteiger partial charge in [0.25, 0.3) is 8.32 Å². The van der Waals surface area contributed by atoms with Crippen LogP contribution in [0.3, 0.4) is 0 Å². The summed E-state index contributed by atoms with van der Waals surface area (Å²) in [5.41, 5.74) is 1.14. The number of hydrogen-bond donors (Lipinski definition) is 0.